The Labute approximate surface area is 126 Å². The minimum atomic E-state index is -1.26. The fraction of sp³-hybridized carbons (Fsp3) is 0.429. The summed E-state index contributed by atoms with van der Waals surface area (Å²) in [5, 5.41) is 29.3. The Kier molecular flexibility index (Phi) is 6.30. The van der Waals surface area contributed by atoms with Gasteiger partial charge in [-0.1, -0.05) is 13.3 Å². The molecule has 0 radical (unpaired) electrons. The summed E-state index contributed by atoms with van der Waals surface area (Å²) in [6, 6.07) is -1.90. The number of hydrogen-bond acceptors (Lipinski definition) is 5. The van der Waals surface area contributed by atoms with Crippen LogP contribution in [0.4, 0.5) is 0 Å². The highest BCUT2D eigenvalue weighted by atomic mass is 16.4. The number of hydrogen-bond donors (Lipinski definition) is 4. The van der Waals surface area contributed by atoms with Crippen molar-refractivity contribution < 1.29 is 29.7 Å². The van der Waals surface area contributed by atoms with Crippen LogP contribution in [-0.4, -0.2) is 51.5 Å². The zero-order chi connectivity index (χ0) is 16.7. The van der Waals surface area contributed by atoms with Crippen LogP contribution in [-0.2, 0) is 14.4 Å². The molecule has 0 aliphatic carbocycles. The van der Waals surface area contributed by atoms with Gasteiger partial charge in [-0.25, -0.2) is 14.4 Å². The summed E-state index contributed by atoms with van der Waals surface area (Å²) < 4.78 is 0. The van der Waals surface area contributed by atoms with E-state index >= 15 is 0 Å². The molecule has 0 aromatic rings. The van der Waals surface area contributed by atoms with Crippen LogP contribution in [0.3, 0.4) is 0 Å². The summed E-state index contributed by atoms with van der Waals surface area (Å²) in [4.78, 5) is 36.8. The van der Waals surface area contributed by atoms with Crippen molar-refractivity contribution in [3.05, 3.63) is 23.4 Å². The van der Waals surface area contributed by atoms with Crippen LogP contribution in [0.15, 0.2) is 28.4 Å². The van der Waals surface area contributed by atoms with Gasteiger partial charge in [0.1, 0.15) is 17.8 Å². The van der Waals surface area contributed by atoms with E-state index in [0.717, 1.165) is 0 Å². The maximum atomic E-state index is 11.0. The molecule has 2 unspecified atom stereocenters. The second kappa shape index (κ2) is 7.96. The second-order valence-corrected chi connectivity index (χ2v) is 4.78. The molecule has 4 N–H and O–H groups in total. The van der Waals surface area contributed by atoms with Gasteiger partial charge in [-0.2, -0.15) is 0 Å². The number of carboxylic acids is 3. The van der Waals surface area contributed by atoms with E-state index in [0.29, 0.717) is 18.4 Å². The van der Waals surface area contributed by atoms with Gasteiger partial charge < -0.3 is 20.6 Å². The maximum Gasteiger partial charge on any atom is 0.351 e. The van der Waals surface area contributed by atoms with Gasteiger partial charge in [-0.15, -0.1) is 0 Å². The third-order valence-electron chi connectivity index (χ3n) is 3.03. The van der Waals surface area contributed by atoms with E-state index < -0.39 is 30.0 Å². The van der Waals surface area contributed by atoms with Crippen LogP contribution in [0.2, 0.25) is 0 Å². The molecule has 1 aliphatic heterocycles. The van der Waals surface area contributed by atoms with E-state index in [-0.39, 0.29) is 12.1 Å². The zero-order valence-electron chi connectivity index (χ0n) is 12.0. The summed E-state index contributed by atoms with van der Waals surface area (Å²) in [7, 11) is 0. The lowest BCUT2D eigenvalue weighted by Gasteiger charge is -2.21. The summed E-state index contributed by atoms with van der Waals surface area (Å²) in [6.07, 6.45) is 5.17. The van der Waals surface area contributed by atoms with Crippen molar-refractivity contribution in [3.8, 4) is 0 Å². The minimum absolute atomic E-state index is 0.0870. The predicted octanol–water partition coefficient (Wildman–Crippen LogP) is 0.652. The summed E-state index contributed by atoms with van der Waals surface area (Å²) in [5.41, 5.74) is 0.231. The van der Waals surface area contributed by atoms with E-state index in [1.807, 2.05) is 6.92 Å². The monoisotopic (exact) mass is 310 g/mol. The molecule has 1 aliphatic rings. The molecule has 0 spiro atoms. The Morgan fingerprint density at radius 3 is 2.59 bits per heavy atom. The molecule has 0 saturated carbocycles. The first kappa shape index (κ1) is 17.4. The van der Waals surface area contributed by atoms with Crippen molar-refractivity contribution in [1.29, 1.82) is 0 Å². The highest BCUT2D eigenvalue weighted by Gasteiger charge is 2.26. The number of allylic oxidation sites excluding steroid dienone is 2. The van der Waals surface area contributed by atoms with Gasteiger partial charge in [0.25, 0.3) is 0 Å². The van der Waals surface area contributed by atoms with Crippen molar-refractivity contribution in [2.75, 3.05) is 0 Å². The Hall–Kier alpha value is -2.64. The Bertz CT molecular complexity index is 550. The van der Waals surface area contributed by atoms with Gasteiger partial charge in [-0.3, -0.25) is 4.99 Å². The van der Waals surface area contributed by atoms with Gasteiger partial charge in [0.15, 0.2) is 0 Å². The molecule has 0 saturated heterocycles. The first-order valence-electron chi connectivity index (χ1n) is 6.74. The molecule has 0 aromatic heterocycles. The van der Waals surface area contributed by atoms with Gasteiger partial charge in [0, 0.05) is 12.6 Å². The van der Waals surface area contributed by atoms with E-state index in [2.05, 4.69) is 10.3 Å². The molecule has 0 amide bonds. The molecule has 120 valence electrons. The Morgan fingerprint density at radius 2 is 2.09 bits per heavy atom. The van der Waals surface area contributed by atoms with Gasteiger partial charge in [0.2, 0.25) is 0 Å². The molecule has 0 bridgehead atoms. The number of carbonyl (C=O) groups is 3. The fourth-order valence-corrected chi connectivity index (χ4v) is 1.93. The summed E-state index contributed by atoms with van der Waals surface area (Å²) >= 11 is 0. The van der Waals surface area contributed by atoms with Gasteiger partial charge in [-0.05, 0) is 24.1 Å². The molecule has 2 atom stereocenters. The van der Waals surface area contributed by atoms with Crippen LogP contribution in [0.25, 0.3) is 0 Å². The van der Waals surface area contributed by atoms with Crippen molar-refractivity contribution in [2.24, 2.45) is 4.99 Å². The number of aliphatic imine (C=N–C) groups is 1. The SMILES string of the molecule is CCCC(/N=C\C=C1\C=C(C(=O)O)NC(C(=O)O)C1)C(=O)O. The smallest absolute Gasteiger partial charge is 0.351 e. The van der Waals surface area contributed by atoms with Crippen molar-refractivity contribution >= 4 is 24.1 Å². The van der Waals surface area contributed by atoms with Crippen LogP contribution >= 0.6 is 0 Å². The molecule has 8 heteroatoms. The van der Waals surface area contributed by atoms with E-state index in [1.54, 1.807) is 0 Å². The second-order valence-electron chi connectivity index (χ2n) is 4.78. The summed E-state index contributed by atoms with van der Waals surface area (Å²) in [6.45, 7) is 1.84. The molecule has 22 heavy (non-hydrogen) atoms. The lowest BCUT2D eigenvalue weighted by Crippen LogP contribution is -2.41. The largest absolute Gasteiger partial charge is 0.480 e. The maximum absolute atomic E-state index is 11.0. The van der Waals surface area contributed by atoms with Crippen LogP contribution in [0, 0.1) is 0 Å². The minimum Gasteiger partial charge on any atom is -0.480 e. The normalized spacial score (nSPS) is 21.2. The van der Waals surface area contributed by atoms with E-state index in [9.17, 15) is 14.4 Å². The molecule has 1 rings (SSSR count). The van der Waals surface area contributed by atoms with E-state index in [4.69, 9.17) is 15.3 Å². The average Bonchev–Trinajstić information content (AvgIpc) is 2.45. The van der Waals surface area contributed by atoms with Crippen molar-refractivity contribution in [3.63, 3.8) is 0 Å². The third kappa shape index (κ3) is 5.04. The van der Waals surface area contributed by atoms with E-state index in [1.165, 1.54) is 18.4 Å². The lowest BCUT2D eigenvalue weighted by molar-refractivity contribution is -0.140. The number of nitrogens with zero attached hydrogens (tertiary/aromatic N) is 1. The Balaban J connectivity index is 2.92. The number of rotatable bonds is 7. The van der Waals surface area contributed by atoms with Gasteiger partial charge in [0.05, 0.1) is 0 Å². The fourth-order valence-electron chi connectivity index (χ4n) is 1.93. The highest BCUT2D eigenvalue weighted by Crippen LogP contribution is 2.16. The van der Waals surface area contributed by atoms with Crippen molar-refractivity contribution in [2.45, 2.75) is 38.3 Å². The standard InChI is InChI=1S/C14H18N2O6/c1-2-3-9(12(17)18)15-5-4-8-6-10(13(19)20)16-11(7-8)14(21)22/h4-6,9,11,16H,2-3,7H2,1H3,(H,17,18)(H,19,20)(H,21,22)/b8-4-,15-5-. The number of carboxylic acid groups (broad SMARTS) is 3. The summed E-state index contributed by atoms with van der Waals surface area (Å²) in [5.74, 6) is -3.46. The van der Waals surface area contributed by atoms with Crippen LogP contribution < -0.4 is 5.32 Å². The first-order chi connectivity index (χ1) is 10.3. The lowest BCUT2D eigenvalue weighted by atomic mass is 10.00. The first-order valence-corrected chi connectivity index (χ1v) is 6.74. The molecule has 0 aromatic carbocycles. The predicted molar refractivity (Wildman–Crippen MR) is 77.8 cm³/mol. The van der Waals surface area contributed by atoms with Crippen LogP contribution in [0.1, 0.15) is 26.2 Å². The number of aliphatic carboxylic acids is 3. The highest BCUT2D eigenvalue weighted by molar-refractivity contribution is 5.89. The average molecular weight is 310 g/mol. The quantitative estimate of drug-likeness (QED) is 0.507. The Morgan fingerprint density at radius 1 is 1.41 bits per heavy atom. The van der Waals surface area contributed by atoms with Crippen LogP contribution in [0.5, 0.6) is 0 Å². The zero-order valence-corrected chi connectivity index (χ0v) is 12.0. The number of nitrogens with one attached hydrogen (secondary N) is 1. The molecule has 1 heterocycles. The topological polar surface area (TPSA) is 136 Å². The molecular weight excluding hydrogens is 292 g/mol. The van der Waals surface area contributed by atoms with Crippen molar-refractivity contribution in [1.82, 2.24) is 5.32 Å². The molecule has 0 fully saturated rings. The third-order valence-corrected chi connectivity index (χ3v) is 3.03. The molecular formula is C14H18N2O6. The molecule has 8 nitrogen and oxygen atoms in total. The van der Waals surface area contributed by atoms with Gasteiger partial charge >= 0.3 is 17.9 Å².